The zero-order chi connectivity index (χ0) is 30.6. The molecule has 0 bridgehead atoms. The average molecular weight is 580 g/mol. The minimum atomic E-state index is -0.179. The zero-order valence-corrected chi connectivity index (χ0v) is 25.9. The lowest BCUT2D eigenvalue weighted by Gasteiger charge is -2.33. The summed E-state index contributed by atoms with van der Waals surface area (Å²) in [5.74, 6) is 0. The number of aryl methyl sites for hydroxylation is 1. The number of rotatable bonds is 8. The van der Waals surface area contributed by atoms with Crippen molar-refractivity contribution < 1.29 is 0 Å². The van der Waals surface area contributed by atoms with Crippen molar-refractivity contribution in [2.75, 3.05) is 4.90 Å². The first-order valence-corrected chi connectivity index (χ1v) is 15.7. The van der Waals surface area contributed by atoms with Gasteiger partial charge in [-0.3, -0.25) is 0 Å². The zero-order valence-electron chi connectivity index (χ0n) is 25.9. The third kappa shape index (κ3) is 5.78. The van der Waals surface area contributed by atoms with Crippen LogP contribution in [0.4, 0.5) is 17.1 Å². The van der Waals surface area contributed by atoms with Crippen LogP contribution in [0.3, 0.4) is 0 Å². The van der Waals surface area contributed by atoms with Gasteiger partial charge in [0.2, 0.25) is 0 Å². The van der Waals surface area contributed by atoms with Crippen molar-refractivity contribution in [3.05, 3.63) is 198 Å². The maximum Gasteiger partial charge on any atom is 0.0540 e. The van der Waals surface area contributed by atoms with Crippen molar-refractivity contribution in [1.82, 2.24) is 0 Å². The minimum absolute atomic E-state index is 0.179. The molecule has 0 heterocycles. The summed E-state index contributed by atoms with van der Waals surface area (Å²) in [5.41, 5.74) is 10.9. The van der Waals surface area contributed by atoms with Gasteiger partial charge in [-0.15, -0.1) is 0 Å². The summed E-state index contributed by atoms with van der Waals surface area (Å²) in [6.45, 7) is 4.50. The Morgan fingerprint density at radius 3 is 1.64 bits per heavy atom. The molecule has 0 amide bonds. The normalized spacial score (nSPS) is 12.5. The highest BCUT2D eigenvalue weighted by atomic mass is 15.1. The van der Waals surface area contributed by atoms with Crippen molar-refractivity contribution in [1.29, 1.82) is 0 Å². The minimum Gasteiger partial charge on any atom is -0.310 e. The van der Waals surface area contributed by atoms with Gasteiger partial charge in [-0.25, -0.2) is 0 Å². The largest absolute Gasteiger partial charge is 0.310 e. The lowest BCUT2D eigenvalue weighted by Crippen LogP contribution is -2.26. The summed E-state index contributed by atoms with van der Waals surface area (Å²) in [6.07, 6.45) is 0.921. The molecular weight excluding hydrogens is 542 g/mol. The molecule has 0 N–H and O–H groups in total. The fourth-order valence-corrected chi connectivity index (χ4v) is 6.54. The summed E-state index contributed by atoms with van der Waals surface area (Å²) in [5, 5.41) is 2.46. The Kier molecular flexibility index (Phi) is 7.76. The molecule has 0 aliphatic carbocycles. The monoisotopic (exact) mass is 579 g/mol. The second-order valence-electron chi connectivity index (χ2n) is 12.2. The molecule has 1 nitrogen and oxygen atoms in total. The van der Waals surface area contributed by atoms with Gasteiger partial charge in [-0.2, -0.15) is 0 Å². The molecule has 0 aliphatic heterocycles. The number of fused-ring (bicyclic) bond motifs is 1. The summed E-state index contributed by atoms with van der Waals surface area (Å²) >= 11 is 0. The van der Waals surface area contributed by atoms with Gasteiger partial charge >= 0.3 is 0 Å². The third-order valence-electron chi connectivity index (χ3n) is 9.09. The van der Waals surface area contributed by atoms with Crippen LogP contribution < -0.4 is 4.90 Å². The first kappa shape index (κ1) is 28.4. The van der Waals surface area contributed by atoms with Crippen molar-refractivity contribution in [2.24, 2.45) is 0 Å². The standard InChI is InChI=1S/C44H37N/c1-33-20-22-35(23-21-33)36-24-28-40(29-25-36)45(43-19-11-15-37-14-9-10-18-42(37)43)41-30-26-39(27-31-41)44(2,38-16-7-4-8-17-38)32-34-12-5-3-6-13-34/h3-31H,32H2,1-2H3. The van der Waals surface area contributed by atoms with Crippen LogP contribution >= 0.6 is 0 Å². The van der Waals surface area contributed by atoms with E-state index >= 15 is 0 Å². The van der Waals surface area contributed by atoms with E-state index in [0.717, 1.165) is 17.8 Å². The van der Waals surface area contributed by atoms with Crippen LogP contribution in [0.5, 0.6) is 0 Å². The van der Waals surface area contributed by atoms with E-state index in [2.05, 4.69) is 195 Å². The molecule has 0 radical (unpaired) electrons. The first-order chi connectivity index (χ1) is 22.1. The predicted molar refractivity (Wildman–Crippen MR) is 192 cm³/mol. The van der Waals surface area contributed by atoms with Gasteiger partial charge in [0.1, 0.15) is 0 Å². The van der Waals surface area contributed by atoms with Gasteiger partial charge in [0.15, 0.2) is 0 Å². The molecule has 7 rings (SSSR count). The van der Waals surface area contributed by atoms with Gasteiger partial charge in [-0.05, 0) is 76.9 Å². The van der Waals surface area contributed by atoms with Crippen molar-refractivity contribution >= 4 is 27.8 Å². The Morgan fingerprint density at radius 1 is 0.467 bits per heavy atom. The molecule has 1 unspecified atom stereocenters. The molecule has 0 fully saturated rings. The van der Waals surface area contributed by atoms with E-state index in [1.54, 1.807) is 0 Å². The highest BCUT2D eigenvalue weighted by molar-refractivity contribution is 5.99. The Labute approximate surface area is 267 Å². The summed E-state index contributed by atoms with van der Waals surface area (Å²) in [4.78, 5) is 2.39. The molecule has 218 valence electrons. The molecule has 0 saturated heterocycles. The van der Waals surface area contributed by atoms with Crippen molar-refractivity contribution in [2.45, 2.75) is 25.7 Å². The van der Waals surface area contributed by atoms with E-state index in [9.17, 15) is 0 Å². The van der Waals surface area contributed by atoms with Gasteiger partial charge in [0.25, 0.3) is 0 Å². The fraction of sp³-hybridized carbons (Fsp3) is 0.0909. The van der Waals surface area contributed by atoms with Gasteiger partial charge in [0, 0.05) is 22.2 Å². The number of hydrogen-bond donors (Lipinski definition) is 0. The topological polar surface area (TPSA) is 3.24 Å². The smallest absolute Gasteiger partial charge is 0.0540 e. The molecule has 0 saturated carbocycles. The van der Waals surface area contributed by atoms with Crippen LogP contribution in [0, 0.1) is 6.92 Å². The Morgan fingerprint density at radius 2 is 0.978 bits per heavy atom. The Hall–Kier alpha value is -5.40. The second kappa shape index (κ2) is 12.3. The Balaban J connectivity index is 1.32. The van der Waals surface area contributed by atoms with Gasteiger partial charge in [-0.1, -0.05) is 158 Å². The third-order valence-corrected chi connectivity index (χ3v) is 9.09. The van der Waals surface area contributed by atoms with E-state index < -0.39 is 0 Å². The maximum absolute atomic E-state index is 2.39. The van der Waals surface area contributed by atoms with Gasteiger partial charge < -0.3 is 4.90 Å². The van der Waals surface area contributed by atoms with E-state index in [1.807, 2.05) is 0 Å². The van der Waals surface area contributed by atoms with Crippen molar-refractivity contribution in [3.8, 4) is 11.1 Å². The molecule has 1 heteroatoms. The number of benzene rings is 7. The number of anilines is 3. The van der Waals surface area contributed by atoms with E-state index in [4.69, 9.17) is 0 Å². The quantitative estimate of drug-likeness (QED) is 0.173. The van der Waals surface area contributed by atoms with E-state index in [1.165, 1.54) is 49.8 Å². The van der Waals surface area contributed by atoms with Crippen LogP contribution in [-0.2, 0) is 11.8 Å². The van der Waals surface area contributed by atoms with Crippen molar-refractivity contribution in [3.63, 3.8) is 0 Å². The van der Waals surface area contributed by atoms with Crippen LogP contribution in [0.1, 0.15) is 29.2 Å². The predicted octanol–water partition coefficient (Wildman–Crippen LogP) is 11.8. The molecular formula is C44H37N. The molecule has 0 spiro atoms. The van der Waals surface area contributed by atoms with Crippen LogP contribution in [0.2, 0.25) is 0 Å². The van der Waals surface area contributed by atoms with Crippen LogP contribution in [-0.4, -0.2) is 0 Å². The first-order valence-electron chi connectivity index (χ1n) is 15.7. The molecule has 7 aromatic rings. The molecule has 7 aromatic carbocycles. The highest BCUT2D eigenvalue weighted by Crippen LogP contribution is 2.42. The molecule has 1 atom stereocenters. The SMILES string of the molecule is Cc1ccc(-c2ccc(N(c3ccc(C(C)(Cc4ccccc4)c4ccccc4)cc3)c3cccc4ccccc34)cc2)cc1. The average Bonchev–Trinajstić information content (AvgIpc) is 3.10. The maximum atomic E-state index is 2.39. The van der Waals surface area contributed by atoms with E-state index in [0.29, 0.717) is 0 Å². The summed E-state index contributed by atoms with van der Waals surface area (Å²) in [7, 11) is 0. The lowest BCUT2D eigenvalue weighted by atomic mass is 9.72. The Bertz CT molecular complexity index is 2000. The number of nitrogens with zero attached hydrogens (tertiary/aromatic N) is 1. The second-order valence-corrected chi connectivity index (χ2v) is 12.2. The lowest BCUT2D eigenvalue weighted by molar-refractivity contribution is 0.567. The molecule has 45 heavy (non-hydrogen) atoms. The molecule has 0 aliphatic rings. The summed E-state index contributed by atoms with van der Waals surface area (Å²) < 4.78 is 0. The van der Waals surface area contributed by atoms with Crippen LogP contribution in [0.15, 0.2) is 176 Å². The highest BCUT2D eigenvalue weighted by Gasteiger charge is 2.29. The van der Waals surface area contributed by atoms with E-state index in [-0.39, 0.29) is 5.41 Å². The summed E-state index contributed by atoms with van der Waals surface area (Å²) in [6, 6.07) is 63.9. The number of hydrogen-bond acceptors (Lipinski definition) is 1. The van der Waals surface area contributed by atoms with Gasteiger partial charge in [0.05, 0.1) is 5.69 Å². The molecule has 0 aromatic heterocycles. The fourth-order valence-electron chi connectivity index (χ4n) is 6.54. The van der Waals surface area contributed by atoms with Crippen LogP contribution in [0.25, 0.3) is 21.9 Å².